The molecule has 2 amide bonds. The van der Waals surface area contributed by atoms with Crippen LogP contribution < -0.4 is 10.6 Å². The van der Waals surface area contributed by atoms with Crippen molar-refractivity contribution in [2.75, 3.05) is 0 Å². The average Bonchev–Trinajstić information content (AvgIpc) is 3.24. The number of nitrogens with zero attached hydrogens (tertiary/aromatic N) is 2. The van der Waals surface area contributed by atoms with E-state index in [1.807, 2.05) is 11.4 Å². The summed E-state index contributed by atoms with van der Waals surface area (Å²) >= 11 is 1.35. The summed E-state index contributed by atoms with van der Waals surface area (Å²) in [7, 11) is 0. The average molecular weight is 376 g/mol. The summed E-state index contributed by atoms with van der Waals surface area (Å²) in [6.07, 6.45) is 5.76. The van der Waals surface area contributed by atoms with E-state index >= 15 is 0 Å². The third kappa shape index (κ3) is 4.12. The molecule has 0 radical (unpaired) electrons. The van der Waals surface area contributed by atoms with E-state index in [0.29, 0.717) is 16.6 Å². The fourth-order valence-electron chi connectivity index (χ4n) is 3.32. The number of carbonyl (C=O) groups excluding carboxylic acids is 2. The molecule has 2 aromatic heterocycles. The highest BCUT2D eigenvalue weighted by atomic mass is 32.1. The van der Waals surface area contributed by atoms with Crippen molar-refractivity contribution in [1.29, 1.82) is 0 Å². The first-order valence-corrected chi connectivity index (χ1v) is 9.85. The Labute approximate surface area is 156 Å². The number of nitrogens with one attached hydrogen (secondary N) is 2. The molecule has 0 aromatic carbocycles. The van der Waals surface area contributed by atoms with E-state index in [1.54, 1.807) is 19.9 Å². The lowest BCUT2D eigenvalue weighted by Gasteiger charge is -2.32. The first-order chi connectivity index (χ1) is 12.5. The maximum absolute atomic E-state index is 12.8. The predicted molar refractivity (Wildman–Crippen MR) is 97.8 cm³/mol. The van der Waals surface area contributed by atoms with E-state index in [1.165, 1.54) is 11.3 Å². The fraction of sp³-hybridized carbons (Fsp3) is 0.556. The zero-order valence-electron chi connectivity index (χ0n) is 15.1. The normalized spacial score (nSPS) is 17.9. The van der Waals surface area contributed by atoms with Gasteiger partial charge in [-0.25, -0.2) is 0 Å². The Hall–Kier alpha value is -2.22. The number of carbonyl (C=O) groups is 2. The quantitative estimate of drug-likeness (QED) is 0.782. The highest BCUT2D eigenvalue weighted by molar-refractivity contribution is 7.12. The molecule has 0 saturated heterocycles. The van der Waals surface area contributed by atoms with Gasteiger partial charge >= 0.3 is 0 Å². The fourth-order valence-corrected chi connectivity index (χ4v) is 3.94. The predicted octanol–water partition coefficient (Wildman–Crippen LogP) is 2.92. The van der Waals surface area contributed by atoms with Crippen LogP contribution >= 0.6 is 11.3 Å². The molecule has 1 unspecified atom stereocenters. The Balaban J connectivity index is 1.73. The van der Waals surface area contributed by atoms with Gasteiger partial charge in [0.15, 0.2) is 5.82 Å². The second-order valence-corrected chi connectivity index (χ2v) is 7.74. The molecule has 1 saturated carbocycles. The summed E-state index contributed by atoms with van der Waals surface area (Å²) in [5.74, 6) is 0.534. The number of amides is 2. The lowest BCUT2D eigenvalue weighted by Crippen LogP contribution is -2.53. The van der Waals surface area contributed by atoms with Crippen molar-refractivity contribution in [2.45, 2.75) is 64.0 Å². The van der Waals surface area contributed by atoms with Gasteiger partial charge in [-0.2, -0.15) is 4.98 Å². The molecule has 2 aromatic rings. The van der Waals surface area contributed by atoms with Crippen LogP contribution in [0.1, 0.15) is 66.8 Å². The van der Waals surface area contributed by atoms with E-state index in [0.717, 1.165) is 38.5 Å². The first kappa shape index (κ1) is 18.6. The van der Waals surface area contributed by atoms with Gasteiger partial charge in [0.05, 0.1) is 4.88 Å². The Kier molecular flexibility index (Phi) is 5.70. The molecule has 26 heavy (non-hydrogen) atoms. The van der Waals surface area contributed by atoms with Crippen LogP contribution in [0.5, 0.6) is 0 Å². The second-order valence-electron chi connectivity index (χ2n) is 6.80. The molecule has 1 atom stereocenters. The molecule has 1 fully saturated rings. The summed E-state index contributed by atoms with van der Waals surface area (Å²) in [6.45, 7) is 3.43. The molecular formula is C18H24N4O3S. The van der Waals surface area contributed by atoms with E-state index in [-0.39, 0.29) is 11.8 Å². The van der Waals surface area contributed by atoms with Crippen LogP contribution in [0.15, 0.2) is 22.0 Å². The largest absolute Gasteiger partial charge is 0.341 e. The number of hydrogen-bond acceptors (Lipinski definition) is 6. The van der Waals surface area contributed by atoms with Crippen LogP contribution in [0.25, 0.3) is 0 Å². The van der Waals surface area contributed by atoms with Gasteiger partial charge in [-0.3, -0.25) is 9.59 Å². The van der Waals surface area contributed by atoms with Crippen LogP contribution in [-0.2, 0) is 10.3 Å². The number of aromatic nitrogens is 2. The third-order valence-electron chi connectivity index (χ3n) is 4.76. The highest BCUT2D eigenvalue weighted by Crippen LogP contribution is 2.34. The molecular weight excluding hydrogens is 352 g/mol. The van der Waals surface area contributed by atoms with Crippen LogP contribution in [0.4, 0.5) is 0 Å². The SMILES string of the molecule is Cc1nc(C2(NC(=O)C(C)NC(=O)c3cccs3)CCCCCC2)no1. The summed E-state index contributed by atoms with van der Waals surface area (Å²) in [5.41, 5.74) is -0.632. The van der Waals surface area contributed by atoms with Crippen LogP contribution in [0, 0.1) is 6.92 Å². The molecule has 7 nitrogen and oxygen atoms in total. The van der Waals surface area contributed by atoms with Gasteiger partial charge in [-0.1, -0.05) is 36.9 Å². The number of rotatable bonds is 5. The topological polar surface area (TPSA) is 97.1 Å². The molecule has 140 valence electrons. The minimum atomic E-state index is -0.655. The standard InChI is InChI=1S/C18H24N4O3S/c1-12(19-16(24)14-8-7-11-26-14)15(23)21-18(9-5-3-4-6-10-18)17-20-13(2)25-22-17/h7-8,11-12H,3-6,9-10H2,1-2H3,(H,19,24)(H,21,23). The smallest absolute Gasteiger partial charge is 0.261 e. The Morgan fingerprint density at radius 1 is 1.27 bits per heavy atom. The van der Waals surface area contributed by atoms with Crippen LogP contribution in [0.3, 0.4) is 0 Å². The van der Waals surface area contributed by atoms with Crippen molar-refractivity contribution < 1.29 is 14.1 Å². The molecule has 0 bridgehead atoms. The van der Waals surface area contributed by atoms with E-state index in [9.17, 15) is 9.59 Å². The van der Waals surface area contributed by atoms with E-state index in [2.05, 4.69) is 20.8 Å². The Morgan fingerprint density at radius 2 is 2.00 bits per heavy atom. The lowest BCUT2D eigenvalue weighted by atomic mass is 9.88. The molecule has 1 aliphatic carbocycles. The zero-order chi connectivity index (χ0) is 18.6. The van der Waals surface area contributed by atoms with Gasteiger partial charge in [0, 0.05) is 6.92 Å². The monoisotopic (exact) mass is 376 g/mol. The highest BCUT2D eigenvalue weighted by Gasteiger charge is 2.39. The summed E-state index contributed by atoms with van der Waals surface area (Å²) < 4.78 is 5.16. The maximum atomic E-state index is 12.8. The Bertz CT molecular complexity index is 748. The number of thiophene rings is 1. The van der Waals surface area contributed by atoms with Gasteiger partial charge in [-0.15, -0.1) is 11.3 Å². The molecule has 0 spiro atoms. The van der Waals surface area contributed by atoms with Gasteiger partial charge in [-0.05, 0) is 31.2 Å². The van der Waals surface area contributed by atoms with Gasteiger partial charge in [0.1, 0.15) is 11.6 Å². The second kappa shape index (κ2) is 7.99. The minimum Gasteiger partial charge on any atom is -0.341 e. The molecule has 2 N–H and O–H groups in total. The van der Waals surface area contributed by atoms with Crippen LogP contribution in [0.2, 0.25) is 0 Å². The van der Waals surface area contributed by atoms with E-state index < -0.39 is 11.6 Å². The number of aryl methyl sites for hydroxylation is 1. The van der Waals surface area contributed by atoms with Crippen molar-refractivity contribution >= 4 is 23.2 Å². The zero-order valence-corrected chi connectivity index (χ0v) is 15.9. The number of hydrogen-bond donors (Lipinski definition) is 2. The first-order valence-electron chi connectivity index (χ1n) is 8.97. The summed E-state index contributed by atoms with van der Waals surface area (Å²) in [4.78, 5) is 30.0. The lowest BCUT2D eigenvalue weighted by molar-refractivity contribution is -0.125. The van der Waals surface area contributed by atoms with Crippen molar-refractivity contribution in [2.24, 2.45) is 0 Å². The maximum Gasteiger partial charge on any atom is 0.261 e. The Morgan fingerprint density at radius 3 is 2.58 bits per heavy atom. The van der Waals surface area contributed by atoms with Crippen molar-refractivity contribution in [3.05, 3.63) is 34.1 Å². The van der Waals surface area contributed by atoms with Crippen molar-refractivity contribution in [3.63, 3.8) is 0 Å². The molecule has 8 heteroatoms. The van der Waals surface area contributed by atoms with Gasteiger partial charge in [0.2, 0.25) is 11.8 Å². The minimum absolute atomic E-state index is 0.237. The molecule has 2 heterocycles. The van der Waals surface area contributed by atoms with Crippen molar-refractivity contribution in [3.8, 4) is 0 Å². The van der Waals surface area contributed by atoms with Gasteiger partial charge in [0.25, 0.3) is 5.91 Å². The summed E-state index contributed by atoms with van der Waals surface area (Å²) in [5, 5.41) is 11.8. The van der Waals surface area contributed by atoms with Gasteiger partial charge < -0.3 is 15.2 Å². The molecule has 1 aliphatic rings. The van der Waals surface area contributed by atoms with Crippen LogP contribution in [-0.4, -0.2) is 28.0 Å². The van der Waals surface area contributed by atoms with Crippen molar-refractivity contribution in [1.82, 2.24) is 20.8 Å². The molecule has 3 rings (SSSR count). The van der Waals surface area contributed by atoms with E-state index in [4.69, 9.17) is 4.52 Å². The summed E-state index contributed by atoms with van der Waals surface area (Å²) in [6, 6.07) is 2.89. The molecule has 0 aliphatic heterocycles. The third-order valence-corrected chi connectivity index (χ3v) is 5.63.